The molecule has 4 heteroatoms. The van der Waals surface area contributed by atoms with Crippen molar-refractivity contribution in [3.8, 4) is 6.07 Å². The third kappa shape index (κ3) is 2.64. The van der Waals surface area contributed by atoms with E-state index < -0.39 is 0 Å². The van der Waals surface area contributed by atoms with Gasteiger partial charge in [0.05, 0.1) is 17.1 Å². The minimum Gasteiger partial charge on any atom is -0.352 e. The molecule has 0 atom stereocenters. The number of hydrogen-bond donors (Lipinski definition) is 1. The van der Waals surface area contributed by atoms with Crippen LogP contribution in [0.1, 0.15) is 23.2 Å². The number of amides is 1. The monoisotopic (exact) mass is 239 g/mol. The Bertz CT molecular complexity index is 596. The highest BCUT2D eigenvalue weighted by atomic mass is 16.1. The minimum atomic E-state index is -0.141. The molecule has 0 unspecified atom stereocenters. The van der Waals surface area contributed by atoms with Crippen molar-refractivity contribution < 1.29 is 4.79 Å². The SMILES string of the molecule is N#CCCCNC(=O)c1cccc2cccnc12. The quantitative estimate of drug-likeness (QED) is 0.832. The van der Waals surface area contributed by atoms with Crippen LogP contribution in [0.25, 0.3) is 10.9 Å². The van der Waals surface area contributed by atoms with Gasteiger partial charge in [-0.1, -0.05) is 18.2 Å². The Morgan fingerprint density at radius 1 is 1.33 bits per heavy atom. The molecule has 18 heavy (non-hydrogen) atoms. The minimum absolute atomic E-state index is 0.141. The number of pyridine rings is 1. The fourth-order valence-electron chi connectivity index (χ4n) is 1.75. The lowest BCUT2D eigenvalue weighted by atomic mass is 10.1. The van der Waals surface area contributed by atoms with Gasteiger partial charge in [0.1, 0.15) is 0 Å². The number of carbonyl (C=O) groups is 1. The number of carbonyl (C=O) groups excluding carboxylic acids is 1. The third-order valence-electron chi connectivity index (χ3n) is 2.63. The van der Waals surface area contributed by atoms with Crippen LogP contribution in [0, 0.1) is 11.3 Å². The number of nitrogens with one attached hydrogen (secondary N) is 1. The Morgan fingerprint density at radius 3 is 3.00 bits per heavy atom. The molecule has 1 aromatic carbocycles. The van der Waals surface area contributed by atoms with Crippen LogP contribution >= 0.6 is 0 Å². The lowest BCUT2D eigenvalue weighted by Gasteiger charge is -2.06. The second-order valence-electron chi connectivity index (χ2n) is 3.90. The largest absolute Gasteiger partial charge is 0.352 e. The number of nitriles is 1. The molecule has 2 rings (SSSR count). The second-order valence-corrected chi connectivity index (χ2v) is 3.90. The number of fused-ring (bicyclic) bond motifs is 1. The maximum Gasteiger partial charge on any atom is 0.253 e. The summed E-state index contributed by atoms with van der Waals surface area (Å²) in [6.07, 6.45) is 2.79. The molecule has 0 bridgehead atoms. The van der Waals surface area contributed by atoms with Gasteiger partial charge >= 0.3 is 0 Å². The number of rotatable bonds is 4. The standard InChI is InChI=1S/C14H13N3O/c15-8-1-2-9-17-14(18)12-7-3-5-11-6-4-10-16-13(11)12/h3-7,10H,1-2,9H2,(H,17,18). The molecule has 2 aromatic rings. The number of aromatic nitrogens is 1. The van der Waals surface area contributed by atoms with Gasteiger partial charge in [0.15, 0.2) is 0 Å². The maximum atomic E-state index is 12.0. The molecule has 90 valence electrons. The molecule has 1 heterocycles. The van der Waals surface area contributed by atoms with E-state index in [0.717, 1.165) is 5.39 Å². The van der Waals surface area contributed by atoms with Gasteiger partial charge in [0.2, 0.25) is 0 Å². The van der Waals surface area contributed by atoms with Gasteiger partial charge in [0.25, 0.3) is 5.91 Å². The van der Waals surface area contributed by atoms with Crippen molar-refractivity contribution in [2.45, 2.75) is 12.8 Å². The lowest BCUT2D eigenvalue weighted by molar-refractivity contribution is 0.0955. The summed E-state index contributed by atoms with van der Waals surface area (Å²) in [4.78, 5) is 16.2. The van der Waals surface area contributed by atoms with Gasteiger partial charge in [-0.2, -0.15) is 5.26 Å². The zero-order chi connectivity index (χ0) is 12.8. The van der Waals surface area contributed by atoms with E-state index in [9.17, 15) is 4.79 Å². The molecule has 0 saturated carbocycles. The average molecular weight is 239 g/mol. The highest BCUT2D eigenvalue weighted by Crippen LogP contribution is 2.15. The second kappa shape index (κ2) is 5.78. The summed E-state index contributed by atoms with van der Waals surface area (Å²) < 4.78 is 0. The maximum absolute atomic E-state index is 12.0. The van der Waals surface area contributed by atoms with Crippen LogP contribution in [-0.4, -0.2) is 17.4 Å². The number of para-hydroxylation sites is 1. The first kappa shape index (κ1) is 12.1. The number of unbranched alkanes of at least 4 members (excludes halogenated alkanes) is 1. The van der Waals surface area contributed by atoms with Crippen LogP contribution < -0.4 is 5.32 Å². The Morgan fingerprint density at radius 2 is 2.17 bits per heavy atom. The van der Waals surface area contributed by atoms with Crippen LogP contribution in [0.4, 0.5) is 0 Å². The van der Waals surface area contributed by atoms with E-state index in [0.29, 0.717) is 30.5 Å². The summed E-state index contributed by atoms with van der Waals surface area (Å²) in [7, 11) is 0. The molecular formula is C14H13N3O. The van der Waals surface area contributed by atoms with E-state index in [1.165, 1.54) is 0 Å². The van der Waals surface area contributed by atoms with Crippen LogP contribution in [0.2, 0.25) is 0 Å². The Kier molecular flexibility index (Phi) is 3.87. The van der Waals surface area contributed by atoms with E-state index in [2.05, 4.69) is 10.3 Å². The van der Waals surface area contributed by atoms with Crippen molar-refractivity contribution in [3.63, 3.8) is 0 Å². The molecule has 1 N–H and O–H groups in total. The van der Waals surface area contributed by atoms with Gasteiger partial charge in [-0.05, 0) is 18.6 Å². The predicted octanol–water partition coefficient (Wildman–Crippen LogP) is 2.27. The van der Waals surface area contributed by atoms with E-state index in [1.807, 2.05) is 30.3 Å². The summed E-state index contributed by atoms with van der Waals surface area (Å²) in [5.74, 6) is -0.141. The molecule has 0 saturated heterocycles. The van der Waals surface area contributed by atoms with E-state index in [4.69, 9.17) is 5.26 Å². The van der Waals surface area contributed by atoms with Gasteiger partial charge in [-0.15, -0.1) is 0 Å². The molecular weight excluding hydrogens is 226 g/mol. The van der Waals surface area contributed by atoms with Crippen LogP contribution in [-0.2, 0) is 0 Å². The fraction of sp³-hybridized carbons (Fsp3) is 0.214. The molecule has 0 radical (unpaired) electrons. The normalized spacial score (nSPS) is 9.94. The van der Waals surface area contributed by atoms with E-state index in [-0.39, 0.29) is 5.91 Å². The Balaban J connectivity index is 2.15. The molecule has 0 aliphatic carbocycles. The summed E-state index contributed by atoms with van der Waals surface area (Å²) >= 11 is 0. The number of hydrogen-bond acceptors (Lipinski definition) is 3. The van der Waals surface area contributed by atoms with Crippen molar-refractivity contribution >= 4 is 16.8 Å². The van der Waals surface area contributed by atoms with Crippen molar-refractivity contribution in [3.05, 3.63) is 42.1 Å². The van der Waals surface area contributed by atoms with Crippen LogP contribution in [0.3, 0.4) is 0 Å². The van der Waals surface area contributed by atoms with E-state index in [1.54, 1.807) is 12.3 Å². The summed E-state index contributed by atoms with van der Waals surface area (Å²) in [5, 5.41) is 12.2. The van der Waals surface area contributed by atoms with Gasteiger partial charge in [-0.3, -0.25) is 9.78 Å². The Hall–Kier alpha value is -2.41. The molecule has 0 fully saturated rings. The molecule has 1 aromatic heterocycles. The van der Waals surface area contributed by atoms with Gasteiger partial charge in [0, 0.05) is 24.5 Å². The summed E-state index contributed by atoms with van der Waals surface area (Å²) in [6.45, 7) is 0.510. The summed E-state index contributed by atoms with van der Waals surface area (Å²) in [6, 6.07) is 11.3. The lowest BCUT2D eigenvalue weighted by Crippen LogP contribution is -2.24. The highest BCUT2D eigenvalue weighted by Gasteiger charge is 2.09. The summed E-state index contributed by atoms with van der Waals surface area (Å²) in [5.41, 5.74) is 1.28. The first-order valence-corrected chi connectivity index (χ1v) is 5.82. The fourth-order valence-corrected chi connectivity index (χ4v) is 1.75. The predicted molar refractivity (Wildman–Crippen MR) is 68.9 cm³/mol. The topological polar surface area (TPSA) is 65.8 Å². The van der Waals surface area contributed by atoms with Crippen molar-refractivity contribution in [1.29, 1.82) is 5.26 Å². The molecule has 0 aliphatic rings. The van der Waals surface area contributed by atoms with Crippen molar-refractivity contribution in [2.75, 3.05) is 6.54 Å². The molecule has 1 amide bonds. The van der Waals surface area contributed by atoms with Crippen LogP contribution in [0.5, 0.6) is 0 Å². The van der Waals surface area contributed by atoms with E-state index >= 15 is 0 Å². The number of benzene rings is 1. The average Bonchev–Trinajstić information content (AvgIpc) is 2.43. The van der Waals surface area contributed by atoms with Crippen molar-refractivity contribution in [1.82, 2.24) is 10.3 Å². The Labute approximate surface area is 105 Å². The first-order chi connectivity index (χ1) is 8.83. The number of nitrogens with zero attached hydrogens (tertiary/aromatic N) is 2. The zero-order valence-corrected chi connectivity index (χ0v) is 9.89. The van der Waals surface area contributed by atoms with Gasteiger partial charge in [-0.25, -0.2) is 0 Å². The van der Waals surface area contributed by atoms with Crippen molar-refractivity contribution in [2.24, 2.45) is 0 Å². The van der Waals surface area contributed by atoms with Crippen LogP contribution in [0.15, 0.2) is 36.5 Å². The third-order valence-corrected chi connectivity index (χ3v) is 2.63. The molecule has 0 spiro atoms. The smallest absolute Gasteiger partial charge is 0.253 e. The molecule has 4 nitrogen and oxygen atoms in total. The zero-order valence-electron chi connectivity index (χ0n) is 9.89. The first-order valence-electron chi connectivity index (χ1n) is 5.82. The van der Waals surface area contributed by atoms with Gasteiger partial charge < -0.3 is 5.32 Å². The highest BCUT2D eigenvalue weighted by molar-refractivity contribution is 6.05. The molecule has 0 aliphatic heterocycles.